The second-order valence-electron chi connectivity index (χ2n) is 8.62. The van der Waals surface area contributed by atoms with Gasteiger partial charge in [-0.25, -0.2) is 0 Å². The fraction of sp³-hybridized carbons (Fsp3) is 1.00. The van der Waals surface area contributed by atoms with Crippen molar-refractivity contribution in [3.8, 4) is 0 Å². The van der Waals surface area contributed by atoms with Gasteiger partial charge in [-0.2, -0.15) is 0 Å². The maximum atomic E-state index is 5.91. The highest BCUT2D eigenvalue weighted by Gasteiger charge is 2.31. The van der Waals surface area contributed by atoms with Crippen LogP contribution in [-0.4, -0.2) is 19.5 Å². The number of hydrogen-bond acceptors (Lipinski definition) is 2. The molecular weight excluding hydrogens is 272 g/mol. The minimum Gasteiger partial charge on any atom is -0.352 e. The van der Waals surface area contributed by atoms with Gasteiger partial charge in [-0.1, -0.05) is 52.4 Å². The monoisotopic (exact) mass is 308 g/mol. The van der Waals surface area contributed by atoms with Crippen LogP contribution in [0.25, 0.3) is 0 Å². The second-order valence-corrected chi connectivity index (χ2v) is 8.62. The molecule has 2 nitrogen and oxygen atoms in total. The first-order chi connectivity index (χ1) is 10.7. The first kappa shape index (κ1) is 16.8. The number of rotatable bonds is 4. The molecule has 0 bridgehead atoms. The molecule has 2 heteroatoms. The molecule has 3 fully saturated rings. The standard InChI is InChI=1S/C20H36O2/c1-15-3-5-17(6-4-15)7-8-18-9-11-19(12-10-18)20-21-13-16(2)14-22-20/h15-20H,3-14H2,1-2H3. The third kappa shape index (κ3) is 4.71. The lowest BCUT2D eigenvalue weighted by Gasteiger charge is -2.37. The van der Waals surface area contributed by atoms with Gasteiger partial charge in [-0.15, -0.1) is 0 Å². The van der Waals surface area contributed by atoms with E-state index in [0.29, 0.717) is 11.8 Å². The van der Waals surface area contributed by atoms with Gasteiger partial charge in [0.15, 0.2) is 6.29 Å². The molecule has 22 heavy (non-hydrogen) atoms. The van der Waals surface area contributed by atoms with Gasteiger partial charge in [0.1, 0.15) is 0 Å². The Balaban J connectivity index is 1.32. The van der Waals surface area contributed by atoms with Crippen molar-refractivity contribution in [1.29, 1.82) is 0 Å². The Hall–Kier alpha value is -0.0800. The summed E-state index contributed by atoms with van der Waals surface area (Å²) in [4.78, 5) is 0. The van der Waals surface area contributed by atoms with Gasteiger partial charge >= 0.3 is 0 Å². The van der Waals surface area contributed by atoms with Gasteiger partial charge in [0, 0.05) is 11.8 Å². The molecular formula is C20H36O2. The first-order valence-corrected chi connectivity index (χ1v) is 9.94. The van der Waals surface area contributed by atoms with E-state index in [1.807, 2.05) is 0 Å². The Kier molecular flexibility index (Phi) is 6.21. The summed E-state index contributed by atoms with van der Waals surface area (Å²) in [6, 6.07) is 0. The highest BCUT2D eigenvalue weighted by molar-refractivity contribution is 4.78. The van der Waals surface area contributed by atoms with E-state index in [4.69, 9.17) is 9.47 Å². The molecule has 0 spiro atoms. The van der Waals surface area contributed by atoms with Crippen molar-refractivity contribution in [2.75, 3.05) is 13.2 Å². The number of ether oxygens (including phenoxy) is 2. The molecule has 1 saturated heterocycles. The van der Waals surface area contributed by atoms with Gasteiger partial charge in [0.05, 0.1) is 13.2 Å². The number of hydrogen-bond donors (Lipinski definition) is 0. The van der Waals surface area contributed by atoms with Gasteiger partial charge < -0.3 is 9.47 Å². The fourth-order valence-electron chi connectivity index (χ4n) is 4.72. The van der Waals surface area contributed by atoms with Crippen molar-refractivity contribution in [2.45, 2.75) is 84.3 Å². The van der Waals surface area contributed by atoms with E-state index in [0.717, 1.165) is 31.0 Å². The maximum Gasteiger partial charge on any atom is 0.160 e. The lowest BCUT2D eigenvalue weighted by atomic mass is 9.75. The van der Waals surface area contributed by atoms with Crippen LogP contribution in [0.2, 0.25) is 0 Å². The zero-order valence-corrected chi connectivity index (χ0v) is 14.8. The average molecular weight is 309 g/mol. The molecule has 0 aromatic rings. The van der Waals surface area contributed by atoms with E-state index >= 15 is 0 Å². The van der Waals surface area contributed by atoms with Gasteiger partial charge in [-0.3, -0.25) is 0 Å². The summed E-state index contributed by atoms with van der Waals surface area (Å²) >= 11 is 0. The Morgan fingerprint density at radius 1 is 0.636 bits per heavy atom. The predicted octanol–water partition coefficient (Wildman–Crippen LogP) is 5.41. The van der Waals surface area contributed by atoms with E-state index in [1.165, 1.54) is 64.2 Å². The highest BCUT2D eigenvalue weighted by atomic mass is 16.7. The summed E-state index contributed by atoms with van der Waals surface area (Å²) in [5.41, 5.74) is 0. The van der Waals surface area contributed by atoms with Crippen LogP contribution in [0.15, 0.2) is 0 Å². The summed E-state index contributed by atoms with van der Waals surface area (Å²) in [5.74, 6) is 4.26. The van der Waals surface area contributed by atoms with Crippen LogP contribution < -0.4 is 0 Å². The summed E-state index contributed by atoms with van der Waals surface area (Å²) in [6.45, 7) is 6.42. The van der Waals surface area contributed by atoms with Crippen molar-refractivity contribution in [2.24, 2.45) is 29.6 Å². The third-order valence-corrected chi connectivity index (χ3v) is 6.48. The van der Waals surface area contributed by atoms with Gasteiger partial charge in [0.2, 0.25) is 0 Å². The molecule has 0 atom stereocenters. The van der Waals surface area contributed by atoms with Crippen LogP contribution in [0.4, 0.5) is 0 Å². The molecule has 1 heterocycles. The molecule has 0 unspecified atom stereocenters. The Bertz CT molecular complexity index is 306. The quantitative estimate of drug-likeness (QED) is 0.691. The predicted molar refractivity (Wildman–Crippen MR) is 90.7 cm³/mol. The summed E-state index contributed by atoms with van der Waals surface area (Å²) in [5, 5.41) is 0. The minimum atomic E-state index is 0.108. The van der Waals surface area contributed by atoms with E-state index in [9.17, 15) is 0 Å². The summed E-state index contributed by atoms with van der Waals surface area (Å²) < 4.78 is 11.8. The summed E-state index contributed by atoms with van der Waals surface area (Å²) in [6.07, 6.45) is 14.5. The fourth-order valence-corrected chi connectivity index (χ4v) is 4.72. The smallest absolute Gasteiger partial charge is 0.160 e. The zero-order chi connectivity index (χ0) is 15.4. The molecule has 1 aliphatic heterocycles. The van der Waals surface area contributed by atoms with Crippen molar-refractivity contribution < 1.29 is 9.47 Å². The normalized spacial score (nSPS) is 43.9. The average Bonchev–Trinajstić information content (AvgIpc) is 2.56. The Morgan fingerprint density at radius 3 is 1.68 bits per heavy atom. The SMILES string of the molecule is CC1CCC(CCC2CCC(C3OCC(C)CO3)CC2)CC1. The summed E-state index contributed by atoms with van der Waals surface area (Å²) in [7, 11) is 0. The molecule has 0 aromatic carbocycles. The molecule has 2 aliphatic carbocycles. The van der Waals surface area contributed by atoms with E-state index < -0.39 is 0 Å². The zero-order valence-electron chi connectivity index (χ0n) is 14.8. The molecule has 128 valence electrons. The van der Waals surface area contributed by atoms with Crippen LogP contribution in [0.3, 0.4) is 0 Å². The van der Waals surface area contributed by atoms with Crippen molar-refractivity contribution in [3.63, 3.8) is 0 Å². The van der Waals surface area contributed by atoms with Crippen LogP contribution in [-0.2, 0) is 9.47 Å². The van der Waals surface area contributed by atoms with Crippen molar-refractivity contribution >= 4 is 0 Å². The van der Waals surface area contributed by atoms with Crippen molar-refractivity contribution in [1.82, 2.24) is 0 Å². The lowest BCUT2D eigenvalue weighted by molar-refractivity contribution is -0.226. The topological polar surface area (TPSA) is 18.5 Å². The highest BCUT2D eigenvalue weighted by Crippen LogP contribution is 2.38. The largest absolute Gasteiger partial charge is 0.352 e. The molecule has 0 N–H and O–H groups in total. The third-order valence-electron chi connectivity index (χ3n) is 6.48. The minimum absolute atomic E-state index is 0.108. The Morgan fingerprint density at radius 2 is 1.14 bits per heavy atom. The first-order valence-electron chi connectivity index (χ1n) is 9.94. The maximum absolute atomic E-state index is 5.91. The molecule has 2 saturated carbocycles. The van der Waals surface area contributed by atoms with E-state index in [1.54, 1.807) is 0 Å². The van der Waals surface area contributed by atoms with Crippen LogP contribution >= 0.6 is 0 Å². The molecule has 3 rings (SSSR count). The second kappa shape index (κ2) is 8.15. The van der Waals surface area contributed by atoms with Gasteiger partial charge in [0.25, 0.3) is 0 Å². The lowest BCUT2D eigenvalue weighted by Crippen LogP contribution is -2.37. The van der Waals surface area contributed by atoms with E-state index in [2.05, 4.69) is 13.8 Å². The molecule has 0 aromatic heterocycles. The van der Waals surface area contributed by atoms with Crippen molar-refractivity contribution in [3.05, 3.63) is 0 Å². The molecule has 0 radical (unpaired) electrons. The molecule has 3 aliphatic rings. The van der Waals surface area contributed by atoms with E-state index in [-0.39, 0.29) is 6.29 Å². The van der Waals surface area contributed by atoms with Crippen LogP contribution in [0, 0.1) is 29.6 Å². The Labute approximate surface area is 137 Å². The van der Waals surface area contributed by atoms with Crippen LogP contribution in [0.5, 0.6) is 0 Å². The van der Waals surface area contributed by atoms with Crippen LogP contribution in [0.1, 0.15) is 78.1 Å². The molecule has 0 amide bonds. The van der Waals surface area contributed by atoms with Gasteiger partial charge in [-0.05, 0) is 43.4 Å².